The Morgan fingerprint density at radius 2 is 1.85 bits per heavy atom. The first-order chi connectivity index (χ1) is 12.4. The van der Waals surface area contributed by atoms with Gasteiger partial charge in [0, 0.05) is 18.8 Å². The zero-order valence-electron chi connectivity index (χ0n) is 14.2. The van der Waals surface area contributed by atoms with Crippen LogP contribution in [0.15, 0.2) is 42.6 Å². The van der Waals surface area contributed by atoms with E-state index in [0.29, 0.717) is 11.3 Å². The number of nitrogens with zero attached hydrogens (tertiary/aromatic N) is 1. The third-order valence-electron chi connectivity index (χ3n) is 3.37. The van der Waals surface area contributed by atoms with Crippen molar-refractivity contribution >= 4 is 5.91 Å². The van der Waals surface area contributed by atoms with Crippen LogP contribution in [0.3, 0.4) is 0 Å². The van der Waals surface area contributed by atoms with Gasteiger partial charge >= 0.3 is 6.18 Å². The molecule has 1 heterocycles. The number of ether oxygens (including phenoxy) is 2. The number of carbonyl (C=O) groups excluding carboxylic acids is 1. The van der Waals surface area contributed by atoms with E-state index in [1.54, 1.807) is 18.2 Å². The van der Waals surface area contributed by atoms with Gasteiger partial charge in [0.15, 0.2) is 13.2 Å². The van der Waals surface area contributed by atoms with Crippen LogP contribution in [-0.4, -0.2) is 30.3 Å². The van der Waals surface area contributed by atoms with Gasteiger partial charge < -0.3 is 14.8 Å². The molecule has 5 nitrogen and oxygen atoms in total. The molecule has 0 radical (unpaired) electrons. The number of halogens is 3. The summed E-state index contributed by atoms with van der Waals surface area (Å²) in [6.45, 7) is 0.596. The fraction of sp³-hybridized carbons (Fsp3) is 0.333. The average molecular weight is 368 g/mol. The van der Waals surface area contributed by atoms with Gasteiger partial charge in [-0.05, 0) is 35.7 Å². The molecule has 1 aromatic carbocycles. The van der Waals surface area contributed by atoms with E-state index >= 15 is 0 Å². The molecule has 0 aliphatic heterocycles. The van der Waals surface area contributed by atoms with Crippen molar-refractivity contribution in [3.63, 3.8) is 0 Å². The van der Waals surface area contributed by atoms with Crippen molar-refractivity contribution in [3.8, 4) is 11.6 Å². The lowest BCUT2D eigenvalue weighted by molar-refractivity contribution is -0.154. The molecule has 0 spiro atoms. The van der Waals surface area contributed by atoms with Crippen molar-refractivity contribution in [2.45, 2.75) is 26.1 Å². The zero-order valence-corrected chi connectivity index (χ0v) is 14.2. The minimum Gasteiger partial charge on any atom is -0.484 e. The number of aryl methyl sites for hydroxylation is 1. The number of nitrogens with one attached hydrogen (secondary N) is 1. The van der Waals surface area contributed by atoms with E-state index in [1.807, 2.05) is 19.1 Å². The molecule has 0 atom stereocenters. The highest BCUT2D eigenvalue weighted by Crippen LogP contribution is 2.17. The smallest absolute Gasteiger partial charge is 0.422 e. The summed E-state index contributed by atoms with van der Waals surface area (Å²) in [6, 6.07) is 10.3. The van der Waals surface area contributed by atoms with Gasteiger partial charge in [-0.15, -0.1) is 0 Å². The second-order valence-corrected chi connectivity index (χ2v) is 5.47. The SMILES string of the molecule is CCc1ccc(OCC(=O)NCc2ccnc(OCC(F)(F)F)c2)cc1. The van der Waals surface area contributed by atoms with Gasteiger partial charge in [-0.2, -0.15) is 13.2 Å². The van der Waals surface area contributed by atoms with Gasteiger partial charge in [-0.25, -0.2) is 4.98 Å². The third kappa shape index (κ3) is 7.00. The van der Waals surface area contributed by atoms with Crippen molar-refractivity contribution in [2.24, 2.45) is 0 Å². The summed E-state index contributed by atoms with van der Waals surface area (Å²) in [5, 5.41) is 2.62. The van der Waals surface area contributed by atoms with Crippen LogP contribution in [0.4, 0.5) is 13.2 Å². The molecule has 2 aromatic rings. The Kier molecular flexibility index (Phi) is 6.82. The van der Waals surface area contributed by atoms with Crippen LogP contribution in [0.25, 0.3) is 0 Å². The second kappa shape index (κ2) is 9.07. The minimum absolute atomic E-state index is 0.127. The van der Waals surface area contributed by atoms with E-state index in [-0.39, 0.29) is 24.9 Å². The van der Waals surface area contributed by atoms with Crippen LogP contribution in [0, 0.1) is 0 Å². The zero-order chi connectivity index (χ0) is 19.0. The Balaban J connectivity index is 1.77. The van der Waals surface area contributed by atoms with Gasteiger partial charge in [-0.3, -0.25) is 4.79 Å². The number of hydrogen-bond donors (Lipinski definition) is 1. The molecule has 0 fully saturated rings. The number of hydrogen-bond acceptors (Lipinski definition) is 4. The van der Waals surface area contributed by atoms with Crippen LogP contribution in [0.5, 0.6) is 11.6 Å². The number of pyridine rings is 1. The van der Waals surface area contributed by atoms with Gasteiger partial charge in [0.2, 0.25) is 5.88 Å². The van der Waals surface area contributed by atoms with Crippen LogP contribution in [-0.2, 0) is 17.8 Å². The molecule has 1 amide bonds. The standard InChI is InChI=1S/C18H19F3N2O3/c1-2-13-3-5-15(6-4-13)25-11-16(24)23-10-14-7-8-22-17(9-14)26-12-18(19,20)21/h3-9H,2,10-12H2,1H3,(H,23,24). The number of benzene rings is 1. The molecule has 0 aliphatic carbocycles. The van der Waals surface area contributed by atoms with Crippen molar-refractivity contribution in [2.75, 3.05) is 13.2 Å². The van der Waals surface area contributed by atoms with Gasteiger partial charge in [0.05, 0.1) is 0 Å². The van der Waals surface area contributed by atoms with Crippen molar-refractivity contribution in [3.05, 3.63) is 53.7 Å². The predicted molar refractivity (Wildman–Crippen MR) is 88.9 cm³/mol. The van der Waals surface area contributed by atoms with Crippen molar-refractivity contribution in [1.82, 2.24) is 10.3 Å². The molecule has 0 aliphatic rings. The third-order valence-corrected chi connectivity index (χ3v) is 3.37. The quantitative estimate of drug-likeness (QED) is 0.777. The van der Waals surface area contributed by atoms with E-state index in [2.05, 4.69) is 15.0 Å². The van der Waals surface area contributed by atoms with E-state index in [4.69, 9.17) is 4.74 Å². The Labute approximate surface area is 149 Å². The highest BCUT2D eigenvalue weighted by Gasteiger charge is 2.28. The lowest BCUT2D eigenvalue weighted by Crippen LogP contribution is -2.28. The summed E-state index contributed by atoms with van der Waals surface area (Å²) >= 11 is 0. The Morgan fingerprint density at radius 1 is 1.12 bits per heavy atom. The minimum atomic E-state index is -4.43. The molecular weight excluding hydrogens is 349 g/mol. The second-order valence-electron chi connectivity index (χ2n) is 5.47. The maximum atomic E-state index is 12.1. The molecule has 0 saturated heterocycles. The average Bonchev–Trinajstić information content (AvgIpc) is 2.63. The summed E-state index contributed by atoms with van der Waals surface area (Å²) < 4.78 is 46.4. The number of alkyl halides is 3. The Hall–Kier alpha value is -2.77. The first-order valence-electron chi connectivity index (χ1n) is 7.98. The first kappa shape index (κ1) is 19.6. The van der Waals surface area contributed by atoms with Crippen molar-refractivity contribution in [1.29, 1.82) is 0 Å². The Morgan fingerprint density at radius 3 is 2.50 bits per heavy atom. The molecule has 0 bridgehead atoms. The maximum absolute atomic E-state index is 12.1. The van der Waals surface area contributed by atoms with Crippen molar-refractivity contribution < 1.29 is 27.4 Å². The summed E-state index contributed by atoms with van der Waals surface area (Å²) in [6.07, 6.45) is -2.20. The first-order valence-corrected chi connectivity index (χ1v) is 7.98. The van der Waals surface area contributed by atoms with Gasteiger partial charge in [-0.1, -0.05) is 19.1 Å². The Bertz CT molecular complexity index is 718. The van der Waals surface area contributed by atoms with Crippen LogP contribution in [0.2, 0.25) is 0 Å². The van der Waals surface area contributed by atoms with E-state index in [9.17, 15) is 18.0 Å². The molecule has 1 N–H and O–H groups in total. The molecule has 8 heteroatoms. The molecular formula is C18H19F3N2O3. The lowest BCUT2D eigenvalue weighted by Gasteiger charge is -2.10. The van der Waals surface area contributed by atoms with Crippen LogP contribution >= 0.6 is 0 Å². The van der Waals surface area contributed by atoms with Gasteiger partial charge in [0.1, 0.15) is 5.75 Å². The molecule has 2 rings (SSSR count). The lowest BCUT2D eigenvalue weighted by atomic mass is 10.2. The maximum Gasteiger partial charge on any atom is 0.422 e. The number of amides is 1. The summed E-state index contributed by atoms with van der Waals surface area (Å²) in [5.74, 6) is 0.0876. The van der Waals surface area contributed by atoms with Crippen LogP contribution < -0.4 is 14.8 Å². The molecule has 0 saturated carbocycles. The highest BCUT2D eigenvalue weighted by molar-refractivity contribution is 5.77. The molecule has 0 unspecified atom stereocenters. The fourth-order valence-corrected chi connectivity index (χ4v) is 2.02. The summed E-state index contributed by atoms with van der Waals surface area (Å²) in [4.78, 5) is 15.5. The fourth-order valence-electron chi connectivity index (χ4n) is 2.02. The number of rotatable bonds is 8. The van der Waals surface area contributed by atoms with Crippen LogP contribution in [0.1, 0.15) is 18.1 Å². The number of carbonyl (C=O) groups is 1. The topological polar surface area (TPSA) is 60.5 Å². The molecule has 1 aromatic heterocycles. The van der Waals surface area contributed by atoms with E-state index in [0.717, 1.165) is 6.42 Å². The summed E-state index contributed by atoms with van der Waals surface area (Å²) in [5.41, 5.74) is 1.74. The highest BCUT2D eigenvalue weighted by atomic mass is 19.4. The monoisotopic (exact) mass is 368 g/mol. The molecule has 26 heavy (non-hydrogen) atoms. The number of aromatic nitrogens is 1. The van der Waals surface area contributed by atoms with Gasteiger partial charge in [0.25, 0.3) is 5.91 Å². The molecule has 140 valence electrons. The van der Waals surface area contributed by atoms with E-state index < -0.39 is 12.8 Å². The largest absolute Gasteiger partial charge is 0.484 e. The summed E-state index contributed by atoms with van der Waals surface area (Å²) in [7, 11) is 0. The predicted octanol–water partition coefficient (Wildman–Crippen LogP) is 3.28. The normalized spacial score (nSPS) is 11.1. The van der Waals surface area contributed by atoms with E-state index in [1.165, 1.54) is 17.8 Å².